The molecule has 0 saturated carbocycles. The van der Waals surface area contributed by atoms with Crippen molar-refractivity contribution in [2.45, 2.75) is 13.8 Å². The van der Waals surface area contributed by atoms with Crippen molar-refractivity contribution in [1.29, 1.82) is 0 Å². The van der Waals surface area contributed by atoms with Crippen LogP contribution in [0.2, 0.25) is 0 Å². The topological polar surface area (TPSA) is 47.9 Å². The summed E-state index contributed by atoms with van der Waals surface area (Å²) in [6.07, 6.45) is 5.31. The third-order valence-corrected chi connectivity index (χ3v) is 3.17. The van der Waals surface area contributed by atoms with Crippen LogP contribution in [0.5, 0.6) is 11.5 Å². The number of hydrogen-bond donors (Lipinski definition) is 0. The van der Waals surface area contributed by atoms with Crippen LogP contribution in [0.15, 0.2) is 59.6 Å². The van der Waals surface area contributed by atoms with Crippen LogP contribution in [0.1, 0.15) is 11.1 Å². The van der Waals surface area contributed by atoms with Gasteiger partial charge in [0, 0.05) is 6.07 Å². The van der Waals surface area contributed by atoms with Gasteiger partial charge in [0.15, 0.2) is 0 Å². The lowest BCUT2D eigenvalue weighted by atomic mass is 10.1. The number of aliphatic imine (C=N–C) groups is 1. The van der Waals surface area contributed by atoms with E-state index in [0.29, 0.717) is 24.7 Å². The summed E-state index contributed by atoms with van der Waals surface area (Å²) in [6, 6.07) is 13.1. The van der Waals surface area contributed by atoms with Gasteiger partial charge in [0.2, 0.25) is 6.08 Å². The number of hydrogen-bond acceptors (Lipinski definition) is 4. The molecule has 4 heteroatoms. The SMILES string of the molecule is Cc1ccc(OC/C=C/COc2cccc(N=C=O)c2)c(C)c1. The molecule has 0 heterocycles. The largest absolute Gasteiger partial charge is 0.489 e. The fraction of sp³-hybridized carbons (Fsp3) is 0.211. The zero-order valence-corrected chi connectivity index (χ0v) is 13.3. The first-order valence-corrected chi connectivity index (χ1v) is 7.35. The number of ether oxygens (including phenoxy) is 2. The molecule has 0 atom stereocenters. The van der Waals surface area contributed by atoms with Crippen LogP contribution < -0.4 is 9.47 Å². The van der Waals surface area contributed by atoms with E-state index in [1.54, 1.807) is 18.2 Å². The highest BCUT2D eigenvalue weighted by molar-refractivity contribution is 5.51. The van der Waals surface area contributed by atoms with Gasteiger partial charge in [-0.3, -0.25) is 0 Å². The van der Waals surface area contributed by atoms with Gasteiger partial charge < -0.3 is 9.47 Å². The predicted molar refractivity (Wildman–Crippen MR) is 90.3 cm³/mol. The Morgan fingerprint density at radius 3 is 2.57 bits per heavy atom. The summed E-state index contributed by atoms with van der Waals surface area (Å²) < 4.78 is 11.2. The standard InChI is InChI=1S/C19H19NO3/c1-15-8-9-19(16(2)12-15)23-11-4-3-10-22-18-7-5-6-17(13-18)20-14-21/h3-9,12-13H,10-11H2,1-2H3/b4-3+. The van der Waals surface area contributed by atoms with E-state index in [0.717, 1.165) is 11.3 Å². The Balaban J connectivity index is 1.77. The summed E-state index contributed by atoms with van der Waals surface area (Å²) in [7, 11) is 0. The molecule has 23 heavy (non-hydrogen) atoms. The van der Waals surface area contributed by atoms with Gasteiger partial charge in [0.25, 0.3) is 0 Å². The summed E-state index contributed by atoms with van der Waals surface area (Å²) in [5, 5.41) is 0. The molecule has 0 radical (unpaired) electrons. The van der Waals surface area contributed by atoms with Crippen molar-refractivity contribution >= 4 is 11.8 Å². The van der Waals surface area contributed by atoms with E-state index in [9.17, 15) is 4.79 Å². The minimum Gasteiger partial charge on any atom is -0.489 e. The van der Waals surface area contributed by atoms with Gasteiger partial charge in [-0.2, -0.15) is 4.99 Å². The van der Waals surface area contributed by atoms with E-state index in [1.807, 2.05) is 37.3 Å². The Labute approximate surface area is 136 Å². The first-order valence-electron chi connectivity index (χ1n) is 7.35. The van der Waals surface area contributed by atoms with Crippen LogP contribution in [-0.2, 0) is 4.79 Å². The minimum atomic E-state index is 0.421. The van der Waals surface area contributed by atoms with Gasteiger partial charge in [0.05, 0.1) is 5.69 Å². The van der Waals surface area contributed by atoms with Crippen molar-refractivity contribution in [3.05, 3.63) is 65.7 Å². The molecular weight excluding hydrogens is 290 g/mol. The van der Waals surface area contributed by atoms with E-state index in [2.05, 4.69) is 18.0 Å². The Morgan fingerprint density at radius 2 is 1.83 bits per heavy atom. The highest BCUT2D eigenvalue weighted by Gasteiger charge is 1.98. The third-order valence-electron chi connectivity index (χ3n) is 3.17. The molecule has 118 valence electrons. The highest BCUT2D eigenvalue weighted by Crippen LogP contribution is 2.20. The average molecular weight is 309 g/mol. The third kappa shape index (κ3) is 5.46. The molecule has 0 aliphatic rings. The number of benzene rings is 2. The monoisotopic (exact) mass is 309 g/mol. The number of rotatable bonds is 7. The Kier molecular flexibility index (Phi) is 6.16. The Bertz CT molecular complexity index is 731. The molecule has 0 N–H and O–H groups in total. The fourth-order valence-electron chi connectivity index (χ4n) is 2.08. The van der Waals surface area contributed by atoms with Crippen molar-refractivity contribution in [3.8, 4) is 11.5 Å². The lowest BCUT2D eigenvalue weighted by Gasteiger charge is -2.07. The summed E-state index contributed by atoms with van der Waals surface area (Å²) >= 11 is 0. The average Bonchev–Trinajstić information content (AvgIpc) is 2.53. The minimum absolute atomic E-state index is 0.421. The van der Waals surface area contributed by atoms with Crippen molar-refractivity contribution in [3.63, 3.8) is 0 Å². The second-order valence-corrected chi connectivity index (χ2v) is 5.06. The molecule has 0 aliphatic carbocycles. The van der Waals surface area contributed by atoms with Crippen LogP contribution in [0, 0.1) is 13.8 Å². The maximum Gasteiger partial charge on any atom is 0.240 e. The van der Waals surface area contributed by atoms with Gasteiger partial charge in [-0.1, -0.05) is 23.8 Å². The lowest BCUT2D eigenvalue weighted by Crippen LogP contribution is -1.98. The van der Waals surface area contributed by atoms with Crippen molar-refractivity contribution in [1.82, 2.24) is 0 Å². The van der Waals surface area contributed by atoms with E-state index in [1.165, 1.54) is 11.6 Å². The molecular formula is C19H19NO3. The fourth-order valence-corrected chi connectivity index (χ4v) is 2.08. The first kappa shape index (κ1) is 16.5. The molecule has 0 spiro atoms. The van der Waals surface area contributed by atoms with Crippen LogP contribution >= 0.6 is 0 Å². The van der Waals surface area contributed by atoms with Crippen molar-refractivity contribution in [2.24, 2.45) is 4.99 Å². The van der Waals surface area contributed by atoms with Gasteiger partial charge in [-0.05, 0) is 49.8 Å². The number of nitrogens with zero attached hydrogens (tertiary/aromatic N) is 1. The molecule has 0 saturated heterocycles. The zero-order valence-electron chi connectivity index (χ0n) is 13.3. The quantitative estimate of drug-likeness (QED) is 0.435. The number of carbonyl (C=O) groups excluding carboxylic acids is 1. The Hall–Kier alpha value is -2.84. The van der Waals surface area contributed by atoms with Crippen LogP contribution in [-0.4, -0.2) is 19.3 Å². The summed E-state index contributed by atoms with van der Waals surface area (Å²) in [5.74, 6) is 1.54. The van der Waals surface area contributed by atoms with E-state index < -0.39 is 0 Å². The normalized spacial score (nSPS) is 10.3. The van der Waals surface area contributed by atoms with Crippen molar-refractivity contribution in [2.75, 3.05) is 13.2 Å². The van der Waals surface area contributed by atoms with E-state index in [-0.39, 0.29) is 0 Å². The highest BCUT2D eigenvalue weighted by atomic mass is 16.5. The molecule has 4 nitrogen and oxygen atoms in total. The van der Waals surface area contributed by atoms with Crippen LogP contribution in [0.25, 0.3) is 0 Å². The molecule has 2 aromatic carbocycles. The lowest BCUT2D eigenvalue weighted by molar-refractivity contribution is 0.349. The van der Waals surface area contributed by atoms with E-state index >= 15 is 0 Å². The Morgan fingerprint density at radius 1 is 1.04 bits per heavy atom. The van der Waals surface area contributed by atoms with E-state index in [4.69, 9.17) is 9.47 Å². The molecule has 0 bridgehead atoms. The molecule has 2 aromatic rings. The maximum absolute atomic E-state index is 10.2. The van der Waals surface area contributed by atoms with Gasteiger partial charge in [-0.15, -0.1) is 0 Å². The second kappa shape index (κ2) is 8.57. The molecule has 0 unspecified atom stereocenters. The molecule has 0 aliphatic heterocycles. The number of isocyanates is 1. The molecule has 0 amide bonds. The summed E-state index contributed by atoms with van der Waals surface area (Å²) in [5.41, 5.74) is 2.88. The molecule has 0 fully saturated rings. The smallest absolute Gasteiger partial charge is 0.240 e. The van der Waals surface area contributed by atoms with Gasteiger partial charge in [0.1, 0.15) is 24.7 Å². The maximum atomic E-state index is 10.2. The first-order chi connectivity index (χ1) is 11.2. The predicted octanol–water partition coefficient (Wildman–Crippen LogP) is 4.28. The molecule has 0 aromatic heterocycles. The van der Waals surface area contributed by atoms with Crippen LogP contribution in [0.3, 0.4) is 0 Å². The van der Waals surface area contributed by atoms with Gasteiger partial charge in [-0.25, -0.2) is 4.79 Å². The van der Waals surface area contributed by atoms with Crippen molar-refractivity contribution < 1.29 is 14.3 Å². The summed E-state index contributed by atoms with van der Waals surface area (Å²) in [4.78, 5) is 13.8. The van der Waals surface area contributed by atoms with Gasteiger partial charge >= 0.3 is 0 Å². The molecule has 2 rings (SSSR count). The van der Waals surface area contributed by atoms with Crippen LogP contribution in [0.4, 0.5) is 5.69 Å². The summed E-state index contributed by atoms with van der Waals surface area (Å²) in [6.45, 7) is 5.00. The number of aryl methyl sites for hydroxylation is 2. The zero-order chi connectivity index (χ0) is 16.5. The second-order valence-electron chi connectivity index (χ2n) is 5.06.